The number of rotatable bonds is 2. The molecule has 0 N–H and O–H groups in total. The van der Waals surface area contributed by atoms with Crippen LogP contribution in [0.1, 0.15) is 6.92 Å². The molecule has 0 bridgehead atoms. The Labute approximate surface area is 96.4 Å². The molecule has 72 valence electrons. The van der Waals surface area contributed by atoms with Crippen molar-refractivity contribution in [3.63, 3.8) is 0 Å². The van der Waals surface area contributed by atoms with Crippen molar-refractivity contribution in [3.05, 3.63) is 34.0 Å². The van der Waals surface area contributed by atoms with Gasteiger partial charge in [0.1, 0.15) is 3.70 Å². The molecular formula is C11H10INO. The van der Waals surface area contributed by atoms with E-state index in [1.165, 1.54) is 0 Å². The zero-order valence-corrected chi connectivity index (χ0v) is 9.98. The molecule has 0 spiro atoms. The van der Waals surface area contributed by atoms with E-state index in [0.29, 0.717) is 6.61 Å². The third kappa shape index (κ3) is 1.82. The van der Waals surface area contributed by atoms with E-state index in [1.807, 2.05) is 37.3 Å². The Balaban J connectivity index is 2.59. The number of aromatic nitrogens is 1. The summed E-state index contributed by atoms with van der Waals surface area (Å²) in [5.74, 6) is 0.867. The number of benzene rings is 1. The van der Waals surface area contributed by atoms with Crippen molar-refractivity contribution in [2.45, 2.75) is 6.92 Å². The highest BCUT2D eigenvalue weighted by Gasteiger charge is 2.03. The average molecular weight is 299 g/mol. The molecule has 2 nitrogen and oxygen atoms in total. The van der Waals surface area contributed by atoms with Gasteiger partial charge >= 0.3 is 0 Å². The summed E-state index contributed by atoms with van der Waals surface area (Å²) < 4.78 is 6.39. The second-order valence-electron chi connectivity index (χ2n) is 2.90. The lowest BCUT2D eigenvalue weighted by atomic mass is 10.2. The fraction of sp³-hybridized carbons (Fsp3) is 0.182. The van der Waals surface area contributed by atoms with E-state index in [-0.39, 0.29) is 0 Å². The third-order valence-electron chi connectivity index (χ3n) is 1.95. The standard InChI is InChI=1S/C11H10INO/c1-2-14-10-7-8-5-3-4-6-9(8)13-11(10)12/h3-7H,2H2,1H3. The number of nitrogens with zero attached hydrogens (tertiary/aromatic N) is 1. The first-order valence-corrected chi connectivity index (χ1v) is 5.57. The summed E-state index contributed by atoms with van der Waals surface area (Å²) in [5.41, 5.74) is 1.01. The van der Waals surface area contributed by atoms with Crippen molar-refractivity contribution in [2.24, 2.45) is 0 Å². The maximum atomic E-state index is 5.47. The van der Waals surface area contributed by atoms with Gasteiger partial charge in [0.25, 0.3) is 0 Å². The van der Waals surface area contributed by atoms with Gasteiger partial charge in [-0.3, -0.25) is 0 Å². The number of hydrogen-bond donors (Lipinski definition) is 0. The zero-order valence-electron chi connectivity index (χ0n) is 7.83. The van der Waals surface area contributed by atoms with Gasteiger partial charge in [0.05, 0.1) is 12.1 Å². The summed E-state index contributed by atoms with van der Waals surface area (Å²) in [6, 6.07) is 10.1. The lowest BCUT2D eigenvalue weighted by Crippen LogP contribution is -1.96. The van der Waals surface area contributed by atoms with E-state index in [0.717, 1.165) is 20.4 Å². The molecule has 0 aliphatic rings. The van der Waals surface area contributed by atoms with Crippen LogP contribution in [0.5, 0.6) is 5.75 Å². The molecule has 1 aromatic carbocycles. The molecule has 0 atom stereocenters. The van der Waals surface area contributed by atoms with Crippen molar-refractivity contribution in [1.82, 2.24) is 4.98 Å². The summed E-state index contributed by atoms with van der Waals surface area (Å²) in [4.78, 5) is 4.46. The summed E-state index contributed by atoms with van der Waals surface area (Å²) in [7, 11) is 0. The van der Waals surface area contributed by atoms with Crippen molar-refractivity contribution < 1.29 is 4.74 Å². The second-order valence-corrected chi connectivity index (χ2v) is 3.92. The monoisotopic (exact) mass is 299 g/mol. The highest BCUT2D eigenvalue weighted by Crippen LogP contribution is 2.24. The Bertz CT molecular complexity index is 456. The van der Waals surface area contributed by atoms with Crippen LogP contribution in [0.4, 0.5) is 0 Å². The molecule has 2 rings (SSSR count). The van der Waals surface area contributed by atoms with Gasteiger partial charge in [-0.2, -0.15) is 0 Å². The van der Waals surface area contributed by atoms with E-state index >= 15 is 0 Å². The molecule has 1 heterocycles. The molecule has 0 radical (unpaired) electrons. The minimum absolute atomic E-state index is 0.677. The van der Waals surface area contributed by atoms with Crippen LogP contribution < -0.4 is 4.74 Å². The predicted molar refractivity (Wildman–Crippen MR) is 65.6 cm³/mol. The first-order chi connectivity index (χ1) is 6.81. The Morgan fingerprint density at radius 2 is 2.14 bits per heavy atom. The molecule has 14 heavy (non-hydrogen) atoms. The minimum atomic E-state index is 0.677. The first-order valence-electron chi connectivity index (χ1n) is 4.49. The number of hydrogen-bond acceptors (Lipinski definition) is 2. The highest BCUT2D eigenvalue weighted by atomic mass is 127. The van der Waals surface area contributed by atoms with Crippen molar-refractivity contribution in [3.8, 4) is 5.75 Å². The summed E-state index contributed by atoms with van der Waals surface area (Å²) in [6.45, 7) is 2.65. The largest absolute Gasteiger partial charge is 0.491 e. The molecule has 3 heteroatoms. The number of pyridine rings is 1. The van der Waals surface area contributed by atoms with Gasteiger partial charge in [-0.1, -0.05) is 18.2 Å². The number of fused-ring (bicyclic) bond motifs is 1. The SMILES string of the molecule is CCOc1cc2ccccc2nc1I. The van der Waals surface area contributed by atoms with Crippen molar-refractivity contribution >= 4 is 33.5 Å². The molecule has 0 unspecified atom stereocenters. The van der Waals surface area contributed by atoms with Crippen molar-refractivity contribution in [2.75, 3.05) is 6.61 Å². The van der Waals surface area contributed by atoms with Crippen LogP contribution in [0.3, 0.4) is 0 Å². The first kappa shape index (κ1) is 9.71. The molecule has 2 aromatic rings. The van der Waals surface area contributed by atoms with E-state index in [4.69, 9.17) is 4.74 Å². The lowest BCUT2D eigenvalue weighted by Gasteiger charge is -2.06. The van der Waals surface area contributed by atoms with Gasteiger partial charge in [-0.15, -0.1) is 0 Å². The zero-order chi connectivity index (χ0) is 9.97. The fourth-order valence-corrected chi connectivity index (χ4v) is 1.90. The molecule has 0 fully saturated rings. The molecular weight excluding hydrogens is 289 g/mol. The number of halogens is 1. The molecule has 1 aromatic heterocycles. The smallest absolute Gasteiger partial charge is 0.151 e. The van der Waals surface area contributed by atoms with Gasteiger partial charge in [0.15, 0.2) is 5.75 Å². The van der Waals surface area contributed by atoms with Crippen LogP contribution in [0.2, 0.25) is 0 Å². The van der Waals surface area contributed by atoms with Crippen LogP contribution in [-0.2, 0) is 0 Å². The van der Waals surface area contributed by atoms with Crippen LogP contribution in [-0.4, -0.2) is 11.6 Å². The van der Waals surface area contributed by atoms with Crippen LogP contribution >= 0.6 is 22.6 Å². The summed E-state index contributed by atoms with van der Waals surface area (Å²) in [5, 5.41) is 1.12. The van der Waals surface area contributed by atoms with E-state index in [1.54, 1.807) is 0 Å². The minimum Gasteiger partial charge on any atom is -0.491 e. The topological polar surface area (TPSA) is 22.1 Å². The Morgan fingerprint density at radius 3 is 2.93 bits per heavy atom. The van der Waals surface area contributed by atoms with Gasteiger partial charge in [-0.05, 0) is 41.6 Å². The molecule has 0 saturated carbocycles. The highest BCUT2D eigenvalue weighted by molar-refractivity contribution is 14.1. The maximum absolute atomic E-state index is 5.47. The second kappa shape index (κ2) is 4.13. The van der Waals surface area contributed by atoms with Crippen LogP contribution in [0.15, 0.2) is 30.3 Å². The maximum Gasteiger partial charge on any atom is 0.151 e. The quantitative estimate of drug-likeness (QED) is 0.627. The van der Waals surface area contributed by atoms with Gasteiger partial charge < -0.3 is 4.74 Å². The Kier molecular flexibility index (Phi) is 2.86. The van der Waals surface area contributed by atoms with E-state index in [9.17, 15) is 0 Å². The number of para-hydroxylation sites is 1. The van der Waals surface area contributed by atoms with Crippen LogP contribution in [0.25, 0.3) is 10.9 Å². The van der Waals surface area contributed by atoms with Crippen LogP contribution in [0, 0.1) is 3.70 Å². The normalized spacial score (nSPS) is 10.4. The summed E-state index contributed by atoms with van der Waals surface area (Å²) >= 11 is 2.20. The third-order valence-corrected chi connectivity index (χ3v) is 2.72. The number of ether oxygens (including phenoxy) is 1. The lowest BCUT2D eigenvalue weighted by molar-refractivity contribution is 0.337. The molecule has 0 saturated heterocycles. The van der Waals surface area contributed by atoms with Crippen molar-refractivity contribution in [1.29, 1.82) is 0 Å². The summed E-state index contributed by atoms with van der Waals surface area (Å²) in [6.07, 6.45) is 0. The Hall–Kier alpha value is -0.840. The Morgan fingerprint density at radius 1 is 1.36 bits per heavy atom. The predicted octanol–water partition coefficient (Wildman–Crippen LogP) is 3.24. The van der Waals surface area contributed by atoms with Gasteiger partial charge in [0.2, 0.25) is 0 Å². The van der Waals surface area contributed by atoms with Gasteiger partial charge in [0, 0.05) is 5.39 Å². The van der Waals surface area contributed by atoms with Gasteiger partial charge in [-0.25, -0.2) is 4.98 Å². The molecule has 0 amide bonds. The molecule has 0 aliphatic carbocycles. The van der Waals surface area contributed by atoms with E-state index < -0.39 is 0 Å². The fourth-order valence-electron chi connectivity index (χ4n) is 1.33. The molecule has 0 aliphatic heterocycles. The average Bonchev–Trinajstić information content (AvgIpc) is 2.19. The van der Waals surface area contributed by atoms with E-state index in [2.05, 4.69) is 27.6 Å².